The van der Waals surface area contributed by atoms with Gasteiger partial charge in [-0.25, -0.2) is 0 Å². The molecule has 2 aliphatic rings. The number of carbonyl (C=O) groups is 1. The number of piperidine rings is 2. The lowest BCUT2D eigenvalue weighted by molar-refractivity contribution is -0.910. The molecular formula is C35H55N3O+2. The van der Waals surface area contributed by atoms with E-state index in [1.165, 1.54) is 107 Å². The second-order valence-electron chi connectivity index (χ2n) is 12.8. The van der Waals surface area contributed by atoms with Crippen molar-refractivity contribution in [2.75, 3.05) is 39.3 Å². The molecule has 4 rings (SSSR count). The quantitative estimate of drug-likeness (QED) is 0.340. The summed E-state index contributed by atoms with van der Waals surface area (Å²) in [5.41, 5.74) is 9.82. The van der Waals surface area contributed by atoms with Crippen LogP contribution in [0.5, 0.6) is 0 Å². The Morgan fingerprint density at radius 2 is 1.28 bits per heavy atom. The van der Waals surface area contributed by atoms with Crippen molar-refractivity contribution >= 4 is 5.91 Å². The van der Waals surface area contributed by atoms with Gasteiger partial charge in [0.15, 0.2) is 0 Å². The normalized spacial score (nSPS) is 25.2. The Morgan fingerprint density at radius 3 is 1.74 bits per heavy atom. The summed E-state index contributed by atoms with van der Waals surface area (Å²) in [4.78, 5) is 15.3. The van der Waals surface area contributed by atoms with Gasteiger partial charge in [-0.2, -0.15) is 0 Å². The minimum absolute atomic E-state index is 0.0177. The van der Waals surface area contributed by atoms with Gasteiger partial charge in [0.1, 0.15) is 0 Å². The van der Waals surface area contributed by atoms with Crippen molar-refractivity contribution in [2.45, 2.75) is 84.0 Å². The number of amides is 1. The zero-order valence-electron chi connectivity index (χ0n) is 24.8. The first-order valence-electron chi connectivity index (χ1n) is 16.1. The molecule has 1 amide bonds. The van der Waals surface area contributed by atoms with Crippen molar-refractivity contribution in [2.24, 2.45) is 23.5 Å². The van der Waals surface area contributed by atoms with E-state index in [1.54, 1.807) is 0 Å². The summed E-state index contributed by atoms with van der Waals surface area (Å²) >= 11 is 0. The number of rotatable bonds is 14. The summed E-state index contributed by atoms with van der Waals surface area (Å²) in [6, 6.07) is 20.1. The maximum absolute atomic E-state index is 11.6. The van der Waals surface area contributed by atoms with E-state index in [0.717, 1.165) is 24.7 Å². The number of hydrogen-bond donors (Lipinski definition) is 3. The van der Waals surface area contributed by atoms with E-state index >= 15 is 0 Å². The van der Waals surface area contributed by atoms with E-state index in [0.29, 0.717) is 5.92 Å². The third-order valence-corrected chi connectivity index (χ3v) is 10.1. The largest absolute Gasteiger partial charge is 0.369 e. The Hall–Kier alpha value is -2.17. The molecule has 2 aliphatic heterocycles. The first-order chi connectivity index (χ1) is 19.0. The van der Waals surface area contributed by atoms with E-state index < -0.39 is 0 Å². The van der Waals surface area contributed by atoms with Crippen molar-refractivity contribution in [1.82, 2.24) is 0 Å². The lowest BCUT2D eigenvalue weighted by Gasteiger charge is -2.37. The standard InChI is InChI=1S/C35H53N3O/c1-3-31(35(36)39)27-28(2)32-15-13-30(14-16-32)12-8-22-38-25-19-34(20-26-38)33-17-23-37(24-18-33)21-7-11-29-9-5-4-6-10-29/h4-6,9-10,13-16,28,31,33-34H,3,7-8,11-12,17-27H2,1-2H3,(H2,36,39)/p+2. The number of benzene rings is 2. The highest BCUT2D eigenvalue weighted by Crippen LogP contribution is 2.27. The molecule has 4 N–H and O–H groups in total. The molecule has 4 nitrogen and oxygen atoms in total. The predicted octanol–water partition coefficient (Wildman–Crippen LogP) is 3.85. The number of nitrogens with two attached hydrogens (primary N) is 1. The van der Waals surface area contributed by atoms with Crippen LogP contribution >= 0.6 is 0 Å². The molecule has 2 saturated heterocycles. The molecular weight excluding hydrogens is 478 g/mol. The van der Waals surface area contributed by atoms with E-state index in [-0.39, 0.29) is 11.8 Å². The Morgan fingerprint density at radius 1 is 0.795 bits per heavy atom. The Kier molecular flexibility index (Phi) is 11.9. The van der Waals surface area contributed by atoms with Crippen molar-refractivity contribution in [3.8, 4) is 0 Å². The minimum atomic E-state index is -0.163. The molecule has 0 radical (unpaired) electrons. The SMILES string of the molecule is CCC(CC(C)c1ccc(CCC[NH+]2CCC(C3CC[NH+](CCCc4ccccc4)CC3)CC2)cc1)C(N)=O. The highest BCUT2D eigenvalue weighted by molar-refractivity contribution is 5.76. The highest BCUT2D eigenvalue weighted by Gasteiger charge is 2.32. The summed E-state index contributed by atoms with van der Waals surface area (Å²) < 4.78 is 0. The van der Waals surface area contributed by atoms with Crippen molar-refractivity contribution in [1.29, 1.82) is 0 Å². The van der Waals surface area contributed by atoms with E-state index in [4.69, 9.17) is 5.73 Å². The molecule has 4 heteroatoms. The molecule has 0 spiro atoms. The van der Waals surface area contributed by atoms with Gasteiger partial charge in [-0.15, -0.1) is 0 Å². The Bertz CT molecular complexity index is 959. The van der Waals surface area contributed by atoms with Gasteiger partial charge in [0, 0.05) is 18.8 Å². The van der Waals surface area contributed by atoms with Gasteiger partial charge in [0.2, 0.25) is 5.91 Å². The molecule has 2 heterocycles. The van der Waals surface area contributed by atoms with Gasteiger partial charge in [-0.1, -0.05) is 68.4 Å². The average Bonchev–Trinajstić information content (AvgIpc) is 2.97. The monoisotopic (exact) mass is 533 g/mol. The van der Waals surface area contributed by atoms with E-state index in [2.05, 4.69) is 68.4 Å². The summed E-state index contributed by atoms with van der Waals surface area (Å²) in [5.74, 6) is 2.16. The number of primary amides is 1. The number of nitrogens with one attached hydrogen (secondary N) is 2. The maximum Gasteiger partial charge on any atom is 0.220 e. The smallest absolute Gasteiger partial charge is 0.220 e. The predicted molar refractivity (Wildman–Crippen MR) is 162 cm³/mol. The number of likely N-dealkylation sites (tertiary alicyclic amines) is 2. The van der Waals surface area contributed by atoms with Gasteiger partial charge >= 0.3 is 0 Å². The second kappa shape index (κ2) is 15.6. The zero-order valence-corrected chi connectivity index (χ0v) is 24.8. The lowest BCUT2D eigenvalue weighted by Crippen LogP contribution is -3.13. The molecule has 214 valence electrons. The van der Waals surface area contributed by atoms with Crippen LogP contribution in [0.15, 0.2) is 54.6 Å². The third-order valence-electron chi connectivity index (χ3n) is 10.1. The number of quaternary nitrogens is 2. The van der Waals surface area contributed by atoms with Crippen LogP contribution in [0.1, 0.15) is 87.8 Å². The van der Waals surface area contributed by atoms with Gasteiger partial charge in [-0.05, 0) is 85.8 Å². The molecule has 2 aromatic rings. The minimum Gasteiger partial charge on any atom is -0.369 e. The van der Waals surface area contributed by atoms with Crippen LogP contribution in [-0.4, -0.2) is 45.2 Å². The third kappa shape index (κ3) is 9.46. The number of aryl methyl sites for hydroxylation is 2. The maximum atomic E-state index is 11.6. The topological polar surface area (TPSA) is 52.0 Å². The highest BCUT2D eigenvalue weighted by atomic mass is 16.1. The van der Waals surface area contributed by atoms with Crippen LogP contribution in [0.25, 0.3) is 0 Å². The molecule has 0 aromatic heterocycles. The fraction of sp³-hybridized carbons (Fsp3) is 0.629. The fourth-order valence-electron chi connectivity index (χ4n) is 7.33. The molecule has 2 unspecified atom stereocenters. The molecule has 2 aromatic carbocycles. The zero-order chi connectivity index (χ0) is 27.5. The molecule has 0 bridgehead atoms. The Labute approximate surface area is 238 Å². The molecule has 2 fully saturated rings. The summed E-state index contributed by atoms with van der Waals surface area (Å²) in [5, 5.41) is 0. The van der Waals surface area contributed by atoms with Crippen molar-refractivity contribution in [3.05, 3.63) is 71.3 Å². The van der Waals surface area contributed by atoms with Crippen LogP contribution in [0.3, 0.4) is 0 Å². The first-order valence-corrected chi connectivity index (χ1v) is 16.1. The van der Waals surface area contributed by atoms with E-state index in [9.17, 15) is 4.79 Å². The fourth-order valence-corrected chi connectivity index (χ4v) is 7.33. The summed E-state index contributed by atoms with van der Waals surface area (Å²) in [7, 11) is 0. The van der Waals surface area contributed by atoms with Gasteiger partial charge < -0.3 is 15.5 Å². The Balaban J connectivity index is 1.08. The van der Waals surface area contributed by atoms with Gasteiger partial charge in [-0.3, -0.25) is 4.79 Å². The lowest BCUT2D eigenvalue weighted by atomic mass is 9.78. The summed E-state index contributed by atoms with van der Waals surface area (Å²) in [6.07, 6.45) is 12.5. The van der Waals surface area contributed by atoms with Crippen LogP contribution < -0.4 is 15.5 Å². The van der Waals surface area contributed by atoms with Crippen molar-refractivity contribution < 1.29 is 14.6 Å². The first kappa shape index (κ1) is 29.8. The number of hydrogen-bond acceptors (Lipinski definition) is 1. The molecule has 0 aliphatic carbocycles. The molecule has 2 atom stereocenters. The van der Waals surface area contributed by atoms with Crippen LogP contribution in [0.4, 0.5) is 0 Å². The van der Waals surface area contributed by atoms with Crippen LogP contribution in [0.2, 0.25) is 0 Å². The van der Waals surface area contributed by atoms with Crippen LogP contribution in [-0.2, 0) is 17.6 Å². The van der Waals surface area contributed by atoms with Crippen molar-refractivity contribution in [3.63, 3.8) is 0 Å². The molecule has 0 saturated carbocycles. The van der Waals surface area contributed by atoms with E-state index in [1.807, 2.05) is 9.80 Å². The van der Waals surface area contributed by atoms with Crippen LogP contribution in [0, 0.1) is 17.8 Å². The van der Waals surface area contributed by atoms with Gasteiger partial charge in [0.25, 0.3) is 0 Å². The number of carbonyl (C=O) groups excluding carboxylic acids is 1. The second-order valence-corrected chi connectivity index (χ2v) is 12.8. The van der Waals surface area contributed by atoms with Gasteiger partial charge in [0.05, 0.1) is 39.3 Å². The summed E-state index contributed by atoms with van der Waals surface area (Å²) in [6.45, 7) is 12.5. The molecule has 39 heavy (non-hydrogen) atoms. The average molecular weight is 534 g/mol.